The lowest BCUT2D eigenvalue weighted by molar-refractivity contribution is -0.123. The Morgan fingerprint density at radius 2 is 1.65 bits per heavy atom. The highest BCUT2D eigenvalue weighted by Gasteiger charge is 2.38. The van der Waals surface area contributed by atoms with Crippen LogP contribution in [-0.2, 0) is 4.79 Å². The second kappa shape index (κ2) is 9.85. The zero-order valence-corrected chi connectivity index (χ0v) is 15.8. The molecule has 1 aliphatic heterocycles. The van der Waals surface area contributed by atoms with Gasteiger partial charge in [0.05, 0.1) is 6.04 Å². The van der Waals surface area contributed by atoms with Gasteiger partial charge in [0, 0.05) is 12.1 Å². The summed E-state index contributed by atoms with van der Waals surface area (Å²) in [7, 11) is 0. The Bertz CT molecular complexity index is 350. The minimum Gasteiger partial charge on any atom is -0.353 e. The van der Waals surface area contributed by atoms with Gasteiger partial charge < -0.3 is 11.1 Å². The minimum absolute atomic E-state index is 0. The molecule has 1 heterocycles. The van der Waals surface area contributed by atoms with Crippen LogP contribution in [0.1, 0.15) is 71.6 Å². The van der Waals surface area contributed by atoms with Gasteiger partial charge >= 0.3 is 0 Å². The van der Waals surface area contributed by atoms with E-state index in [1.807, 2.05) is 0 Å². The quantitative estimate of drug-likeness (QED) is 0.777. The molecule has 1 atom stereocenters. The molecule has 3 N–H and O–H groups in total. The molecule has 0 bridgehead atoms. The van der Waals surface area contributed by atoms with Crippen molar-refractivity contribution < 1.29 is 4.79 Å². The molecule has 0 radical (unpaired) electrons. The maximum absolute atomic E-state index is 12.3. The maximum Gasteiger partial charge on any atom is 0.236 e. The van der Waals surface area contributed by atoms with Crippen LogP contribution >= 0.6 is 12.4 Å². The normalized spacial score (nSPS) is 23.1. The number of likely N-dealkylation sites (tertiary alicyclic amines) is 1. The standard InChI is InChI=1S/C18H35N3O.ClH/c1-15(2)13-16(19)17(22)20-14-18(9-5-3-6-10-18)21-11-7-4-8-12-21;/h15-16H,3-14,19H2,1-2H3,(H,20,22);1H/t16-;/m0./s1. The Kier molecular flexibility index (Phi) is 8.88. The molecule has 1 saturated heterocycles. The van der Waals surface area contributed by atoms with Crippen molar-refractivity contribution in [1.29, 1.82) is 0 Å². The zero-order chi connectivity index (χ0) is 16.0. The fourth-order valence-electron chi connectivity index (χ4n) is 4.18. The number of nitrogens with two attached hydrogens (primary N) is 1. The van der Waals surface area contributed by atoms with Crippen LogP contribution < -0.4 is 11.1 Å². The number of amides is 1. The van der Waals surface area contributed by atoms with E-state index in [0.29, 0.717) is 5.92 Å². The first kappa shape index (κ1) is 20.7. The van der Waals surface area contributed by atoms with Crippen molar-refractivity contribution in [2.45, 2.75) is 83.2 Å². The van der Waals surface area contributed by atoms with Crippen molar-refractivity contribution in [3.05, 3.63) is 0 Å². The molecule has 2 rings (SSSR count). The monoisotopic (exact) mass is 345 g/mol. The summed E-state index contributed by atoms with van der Waals surface area (Å²) in [5, 5.41) is 3.19. The average Bonchev–Trinajstić information content (AvgIpc) is 2.53. The number of nitrogens with zero attached hydrogens (tertiary/aromatic N) is 1. The van der Waals surface area contributed by atoms with Crippen LogP contribution in [0.4, 0.5) is 0 Å². The molecule has 1 amide bonds. The van der Waals surface area contributed by atoms with E-state index in [1.54, 1.807) is 0 Å². The summed E-state index contributed by atoms with van der Waals surface area (Å²) in [4.78, 5) is 15.0. The van der Waals surface area contributed by atoms with Gasteiger partial charge in [-0.2, -0.15) is 0 Å². The van der Waals surface area contributed by atoms with Crippen molar-refractivity contribution in [3.8, 4) is 0 Å². The molecule has 1 aliphatic carbocycles. The predicted molar refractivity (Wildman–Crippen MR) is 98.9 cm³/mol. The Balaban J connectivity index is 0.00000264. The molecule has 0 aromatic heterocycles. The fourth-order valence-corrected chi connectivity index (χ4v) is 4.18. The van der Waals surface area contributed by atoms with Gasteiger partial charge in [-0.15, -0.1) is 12.4 Å². The molecule has 4 nitrogen and oxygen atoms in total. The zero-order valence-electron chi connectivity index (χ0n) is 15.0. The van der Waals surface area contributed by atoms with E-state index < -0.39 is 0 Å². The smallest absolute Gasteiger partial charge is 0.236 e. The molecule has 0 unspecified atom stereocenters. The van der Waals surface area contributed by atoms with E-state index in [2.05, 4.69) is 24.1 Å². The Labute approximate surface area is 148 Å². The highest BCUT2D eigenvalue weighted by Crippen LogP contribution is 2.35. The summed E-state index contributed by atoms with van der Waals surface area (Å²) in [6, 6.07) is -0.359. The first-order valence-electron chi connectivity index (χ1n) is 9.32. The van der Waals surface area contributed by atoms with Crippen LogP contribution in [0.5, 0.6) is 0 Å². The number of rotatable bonds is 6. The number of halogens is 1. The predicted octanol–water partition coefficient (Wildman–Crippen LogP) is 3.09. The van der Waals surface area contributed by atoms with Crippen molar-refractivity contribution in [2.24, 2.45) is 11.7 Å². The van der Waals surface area contributed by atoms with Crippen molar-refractivity contribution >= 4 is 18.3 Å². The Morgan fingerprint density at radius 1 is 1.09 bits per heavy atom. The van der Waals surface area contributed by atoms with E-state index in [1.165, 1.54) is 64.5 Å². The molecule has 0 aromatic rings. The fraction of sp³-hybridized carbons (Fsp3) is 0.944. The lowest BCUT2D eigenvalue weighted by Gasteiger charge is -2.48. The number of carbonyl (C=O) groups excluding carboxylic acids is 1. The second-order valence-electron chi connectivity index (χ2n) is 7.79. The second-order valence-corrected chi connectivity index (χ2v) is 7.79. The summed E-state index contributed by atoms with van der Waals surface area (Å²) in [5.74, 6) is 0.502. The van der Waals surface area contributed by atoms with Gasteiger partial charge in [0.2, 0.25) is 5.91 Å². The van der Waals surface area contributed by atoms with Crippen LogP contribution in [-0.4, -0.2) is 42.0 Å². The summed E-state index contributed by atoms with van der Waals surface area (Å²) in [6.07, 6.45) is 11.1. The molecule has 2 aliphatic rings. The Hall–Kier alpha value is -0.320. The van der Waals surface area contributed by atoms with E-state index in [0.717, 1.165) is 13.0 Å². The third-order valence-corrected chi connectivity index (χ3v) is 5.46. The summed E-state index contributed by atoms with van der Waals surface area (Å²) < 4.78 is 0. The number of carbonyl (C=O) groups is 1. The first-order chi connectivity index (χ1) is 10.5. The van der Waals surface area contributed by atoms with Crippen LogP contribution in [0.25, 0.3) is 0 Å². The molecule has 0 spiro atoms. The highest BCUT2D eigenvalue weighted by atomic mass is 35.5. The van der Waals surface area contributed by atoms with Gasteiger partial charge in [0.25, 0.3) is 0 Å². The van der Waals surface area contributed by atoms with Crippen molar-refractivity contribution in [3.63, 3.8) is 0 Å². The van der Waals surface area contributed by atoms with Gasteiger partial charge in [-0.05, 0) is 51.1 Å². The van der Waals surface area contributed by atoms with E-state index in [9.17, 15) is 4.79 Å². The van der Waals surface area contributed by atoms with Crippen LogP contribution in [0.2, 0.25) is 0 Å². The highest BCUT2D eigenvalue weighted by molar-refractivity contribution is 5.85. The van der Waals surface area contributed by atoms with E-state index in [-0.39, 0.29) is 29.9 Å². The molecular weight excluding hydrogens is 310 g/mol. The molecular formula is C18H36ClN3O. The molecule has 5 heteroatoms. The lowest BCUT2D eigenvalue weighted by Crippen LogP contribution is -2.59. The molecule has 1 saturated carbocycles. The van der Waals surface area contributed by atoms with E-state index >= 15 is 0 Å². The van der Waals surface area contributed by atoms with Crippen LogP contribution in [0.3, 0.4) is 0 Å². The van der Waals surface area contributed by atoms with Gasteiger partial charge in [-0.25, -0.2) is 0 Å². The van der Waals surface area contributed by atoms with Crippen LogP contribution in [0.15, 0.2) is 0 Å². The van der Waals surface area contributed by atoms with Crippen LogP contribution in [0, 0.1) is 5.92 Å². The molecule has 2 fully saturated rings. The molecule has 0 aromatic carbocycles. The summed E-state index contributed by atoms with van der Waals surface area (Å²) >= 11 is 0. The molecule has 23 heavy (non-hydrogen) atoms. The lowest BCUT2D eigenvalue weighted by atomic mass is 9.79. The van der Waals surface area contributed by atoms with Gasteiger partial charge in [-0.3, -0.25) is 9.69 Å². The van der Waals surface area contributed by atoms with Gasteiger partial charge in [-0.1, -0.05) is 39.5 Å². The minimum atomic E-state index is -0.359. The maximum atomic E-state index is 12.3. The third-order valence-electron chi connectivity index (χ3n) is 5.46. The average molecular weight is 346 g/mol. The first-order valence-corrected chi connectivity index (χ1v) is 9.32. The SMILES string of the molecule is CC(C)C[C@H](N)C(=O)NCC1(N2CCCCC2)CCCCC1.Cl. The van der Waals surface area contributed by atoms with Gasteiger partial charge in [0.15, 0.2) is 0 Å². The number of hydrogen-bond acceptors (Lipinski definition) is 3. The topological polar surface area (TPSA) is 58.4 Å². The summed E-state index contributed by atoms with van der Waals surface area (Å²) in [5.41, 5.74) is 6.23. The van der Waals surface area contributed by atoms with E-state index in [4.69, 9.17) is 5.73 Å². The Morgan fingerprint density at radius 3 is 2.22 bits per heavy atom. The summed E-state index contributed by atoms with van der Waals surface area (Å²) in [6.45, 7) is 7.42. The number of piperidine rings is 1. The number of hydrogen-bond donors (Lipinski definition) is 2. The largest absolute Gasteiger partial charge is 0.353 e. The number of nitrogens with one attached hydrogen (secondary N) is 1. The third kappa shape index (κ3) is 5.91. The van der Waals surface area contributed by atoms with Crippen molar-refractivity contribution in [1.82, 2.24) is 10.2 Å². The van der Waals surface area contributed by atoms with Crippen molar-refractivity contribution in [2.75, 3.05) is 19.6 Å². The molecule has 136 valence electrons. The van der Waals surface area contributed by atoms with Gasteiger partial charge in [0.1, 0.15) is 0 Å².